The van der Waals surface area contributed by atoms with E-state index in [-0.39, 0.29) is 5.91 Å². The molecule has 0 atom stereocenters. The number of amides is 1. The molecule has 1 heterocycles. The van der Waals surface area contributed by atoms with Gasteiger partial charge >= 0.3 is 0 Å². The van der Waals surface area contributed by atoms with Crippen molar-refractivity contribution in [2.24, 2.45) is 0 Å². The second kappa shape index (κ2) is 6.77. The van der Waals surface area contributed by atoms with Crippen LogP contribution in [0.3, 0.4) is 0 Å². The van der Waals surface area contributed by atoms with E-state index in [1.54, 1.807) is 0 Å². The Morgan fingerprint density at radius 2 is 1.95 bits per heavy atom. The minimum atomic E-state index is -0.138. The van der Waals surface area contributed by atoms with Crippen LogP contribution in [-0.2, 0) is 11.4 Å². The Kier molecular flexibility index (Phi) is 4.56. The van der Waals surface area contributed by atoms with Gasteiger partial charge in [0.1, 0.15) is 16.7 Å². The highest BCUT2D eigenvalue weighted by Gasteiger charge is 2.21. The number of benzene rings is 2. The summed E-state index contributed by atoms with van der Waals surface area (Å²) in [6.07, 6.45) is 1.84. The van der Waals surface area contributed by atoms with Crippen LogP contribution < -0.4 is 10.1 Å². The van der Waals surface area contributed by atoms with Gasteiger partial charge in [0, 0.05) is 0 Å². The lowest BCUT2D eigenvalue weighted by atomic mass is 10.1. The highest BCUT2D eigenvalue weighted by molar-refractivity contribution is 8.26. The number of thiocarbonyl (C=S) groups is 1. The average Bonchev–Trinajstić information content (AvgIpc) is 2.84. The van der Waals surface area contributed by atoms with Gasteiger partial charge in [0.05, 0.1) is 4.91 Å². The molecule has 2 aromatic carbocycles. The standard InChI is InChI=1S/C17H13NO2S2/c19-16-15(22-17(21)18-16)10-12-5-4-6-13(9-12)11-20-14-7-2-1-3-8-14/h1-10H,11H2,(H,18,19,21). The summed E-state index contributed by atoms with van der Waals surface area (Å²) < 4.78 is 6.23. The summed E-state index contributed by atoms with van der Waals surface area (Å²) in [6.45, 7) is 0.485. The average molecular weight is 327 g/mol. The molecule has 0 aliphatic carbocycles. The van der Waals surface area contributed by atoms with E-state index >= 15 is 0 Å². The highest BCUT2D eigenvalue weighted by Crippen LogP contribution is 2.26. The van der Waals surface area contributed by atoms with Crippen LogP contribution in [0.15, 0.2) is 59.5 Å². The first-order chi connectivity index (χ1) is 10.7. The zero-order valence-corrected chi connectivity index (χ0v) is 13.2. The lowest BCUT2D eigenvalue weighted by molar-refractivity contribution is -0.115. The molecule has 3 nitrogen and oxygen atoms in total. The van der Waals surface area contributed by atoms with Gasteiger partial charge in [0.25, 0.3) is 5.91 Å². The summed E-state index contributed by atoms with van der Waals surface area (Å²) in [7, 11) is 0. The maximum atomic E-state index is 11.7. The van der Waals surface area contributed by atoms with Crippen LogP contribution in [0.5, 0.6) is 5.75 Å². The summed E-state index contributed by atoms with van der Waals surface area (Å²) in [4.78, 5) is 12.3. The molecule has 5 heteroatoms. The molecule has 0 radical (unpaired) electrons. The van der Waals surface area contributed by atoms with E-state index in [2.05, 4.69) is 5.32 Å². The molecule has 0 spiro atoms. The summed E-state index contributed by atoms with van der Waals surface area (Å²) in [5, 5.41) is 2.61. The first-order valence-corrected chi connectivity index (χ1v) is 7.95. The molecule has 0 bridgehead atoms. The Bertz CT molecular complexity index is 741. The van der Waals surface area contributed by atoms with E-state index < -0.39 is 0 Å². The fraction of sp³-hybridized carbons (Fsp3) is 0.0588. The number of thioether (sulfide) groups is 1. The van der Waals surface area contributed by atoms with Crippen molar-refractivity contribution in [2.75, 3.05) is 0 Å². The van der Waals surface area contributed by atoms with Gasteiger partial charge in [-0.25, -0.2) is 0 Å². The molecule has 1 aliphatic rings. The molecule has 3 rings (SSSR count). The zero-order valence-electron chi connectivity index (χ0n) is 11.6. The minimum absolute atomic E-state index is 0.138. The quantitative estimate of drug-likeness (QED) is 0.685. The fourth-order valence-electron chi connectivity index (χ4n) is 2.03. The normalized spacial score (nSPS) is 15.9. The molecule has 1 N–H and O–H groups in total. The van der Waals surface area contributed by atoms with Crippen molar-refractivity contribution in [3.63, 3.8) is 0 Å². The predicted molar refractivity (Wildman–Crippen MR) is 93.5 cm³/mol. The van der Waals surface area contributed by atoms with Gasteiger partial charge in [0.15, 0.2) is 0 Å². The lowest BCUT2D eigenvalue weighted by Crippen LogP contribution is -2.17. The van der Waals surface area contributed by atoms with Crippen LogP contribution in [0.1, 0.15) is 11.1 Å². The largest absolute Gasteiger partial charge is 0.489 e. The number of nitrogens with one attached hydrogen (secondary N) is 1. The van der Waals surface area contributed by atoms with E-state index in [4.69, 9.17) is 17.0 Å². The number of carbonyl (C=O) groups is 1. The van der Waals surface area contributed by atoms with E-state index in [1.807, 2.05) is 60.7 Å². The first kappa shape index (κ1) is 14.8. The van der Waals surface area contributed by atoms with E-state index in [9.17, 15) is 4.79 Å². The van der Waals surface area contributed by atoms with Gasteiger partial charge in [-0.1, -0.05) is 60.4 Å². The first-order valence-electron chi connectivity index (χ1n) is 6.72. The monoisotopic (exact) mass is 327 g/mol. The molecule has 22 heavy (non-hydrogen) atoms. The third-order valence-electron chi connectivity index (χ3n) is 3.04. The van der Waals surface area contributed by atoms with Crippen LogP contribution in [0.2, 0.25) is 0 Å². The molecule has 0 aromatic heterocycles. The van der Waals surface area contributed by atoms with Crippen LogP contribution >= 0.6 is 24.0 Å². The van der Waals surface area contributed by atoms with E-state index in [1.165, 1.54) is 11.8 Å². The maximum absolute atomic E-state index is 11.7. The molecule has 2 aromatic rings. The van der Waals surface area contributed by atoms with Crippen LogP contribution in [0.25, 0.3) is 6.08 Å². The van der Waals surface area contributed by atoms with Gasteiger partial charge in [-0.2, -0.15) is 0 Å². The van der Waals surface area contributed by atoms with Crippen LogP contribution in [-0.4, -0.2) is 10.2 Å². The Balaban J connectivity index is 1.71. The van der Waals surface area contributed by atoms with E-state index in [0.29, 0.717) is 15.8 Å². The van der Waals surface area contributed by atoms with Crippen molar-refractivity contribution in [1.29, 1.82) is 0 Å². The lowest BCUT2D eigenvalue weighted by Gasteiger charge is -2.06. The molecule has 110 valence electrons. The number of hydrogen-bond acceptors (Lipinski definition) is 4. The number of ether oxygens (including phenoxy) is 1. The van der Waals surface area contributed by atoms with Gasteiger partial charge in [0.2, 0.25) is 0 Å². The smallest absolute Gasteiger partial charge is 0.263 e. The number of carbonyl (C=O) groups excluding carboxylic acids is 1. The highest BCUT2D eigenvalue weighted by atomic mass is 32.2. The Morgan fingerprint density at radius 1 is 1.14 bits per heavy atom. The van der Waals surface area contributed by atoms with Crippen molar-refractivity contribution >= 4 is 40.3 Å². The van der Waals surface area contributed by atoms with Crippen LogP contribution in [0.4, 0.5) is 0 Å². The Morgan fingerprint density at radius 3 is 2.68 bits per heavy atom. The maximum Gasteiger partial charge on any atom is 0.263 e. The van der Waals surface area contributed by atoms with Crippen molar-refractivity contribution in [2.45, 2.75) is 6.61 Å². The summed E-state index contributed by atoms with van der Waals surface area (Å²) in [6, 6.07) is 17.6. The molecule has 1 fully saturated rings. The van der Waals surface area contributed by atoms with Crippen molar-refractivity contribution in [3.05, 3.63) is 70.6 Å². The van der Waals surface area contributed by atoms with Gasteiger partial charge in [-0.15, -0.1) is 0 Å². The minimum Gasteiger partial charge on any atom is -0.489 e. The third kappa shape index (κ3) is 3.75. The molecule has 0 unspecified atom stereocenters. The van der Waals surface area contributed by atoms with Gasteiger partial charge in [-0.3, -0.25) is 4.79 Å². The predicted octanol–water partition coefficient (Wildman–Crippen LogP) is 3.75. The molecule has 1 amide bonds. The van der Waals surface area contributed by atoms with Crippen molar-refractivity contribution in [1.82, 2.24) is 5.32 Å². The topological polar surface area (TPSA) is 38.3 Å². The number of para-hydroxylation sites is 1. The molecule has 0 saturated carbocycles. The van der Waals surface area contributed by atoms with Gasteiger partial charge < -0.3 is 10.1 Å². The number of rotatable bonds is 4. The summed E-state index contributed by atoms with van der Waals surface area (Å²) in [5.74, 6) is 0.697. The Hall–Kier alpha value is -2.11. The molecular formula is C17H13NO2S2. The van der Waals surface area contributed by atoms with Crippen molar-refractivity contribution in [3.8, 4) is 5.75 Å². The molecular weight excluding hydrogens is 314 g/mol. The Labute approximate surface area is 138 Å². The second-order valence-electron chi connectivity index (χ2n) is 4.70. The van der Waals surface area contributed by atoms with Gasteiger partial charge in [-0.05, 0) is 35.4 Å². The number of hydrogen-bond donors (Lipinski definition) is 1. The second-order valence-corrected chi connectivity index (χ2v) is 6.42. The van der Waals surface area contributed by atoms with Crippen LogP contribution in [0, 0.1) is 0 Å². The van der Waals surface area contributed by atoms with Crippen molar-refractivity contribution < 1.29 is 9.53 Å². The third-order valence-corrected chi connectivity index (χ3v) is 4.20. The zero-order chi connectivity index (χ0) is 15.4. The fourth-order valence-corrected chi connectivity index (χ4v) is 3.07. The summed E-state index contributed by atoms with van der Waals surface area (Å²) in [5.41, 5.74) is 2.00. The SMILES string of the molecule is O=C1NC(=S)SC1=Cc1cccc(COc2ccccc2)c1. The molecule has 1 saturated heterocycles. The van der Waals surface area contributed by atoms with E-state index in [0.717, 1.165) is 16.9 Å². The molecule has 1 aliphatic heterocycles. The summed E-state index contributed by atoms with van der Waals surface area (Å²) >= 11 is 6.27.